The van der Waals surface area contributed by atoms with Gasteiger partial charge in [0.25, 0.3) is 5.03 Å². The molecule has 0 aliphatic heterocycles. The highest BCUT2D eigenvalue weighted by atomic mass is 32.2. The Balaban J connectivity index is 2.61. The van der Waals surface area contributed by atoms with Crippen molar-refractivity contribution in [3.05, 3.63) is 29.6 Å². The van der Waals surface area contributed by atoms with Crippen LogP contribution in [0.2, 0.25) is 0 Å². The van der Waals surface area contributed by atoms with E-state index in [4.69, 9.17) is 0 Å². The van der Waals surface area contributed by atoms with E-state index in [-0.39, 0.29) is 0 Å². The maximum atomic E-state index is 11.3. The van der Waals surface area contributed by atoms with E-state index in [0.29, 0.717) is 23.6 Å². The van der Waals surface area contributed by atoms with E-state index in [1.54, 1.807) is 12.1 Å². The van der Waals surface area contributed by atoms with Crippen LogP contribution < -0.4 is 4.73 Å². The van der Waals surface area contributed by atoms with Crippen LogP contribution in [0, 0.1) is 5.21 Å². The number of nitrogens with zero attached hydrogens (tertiary/aromatic N) is 1. The molecule has 4 heteroatoms. The van der Waals surface area contributed by atoms with Gasteiger partial charge in [-0.1, -0.05) is 25.6 Å². The Morgan fingerprint density at radius 3 is 2.60 bits per heavy atom. The zero-order valence-corrected chi connectivity index (χ0v) is 9.96. The first kappa shape index (κ1) is 12.3. The van der Waals surface area contributed by atoms with Crippen LogP contribution in [-0.4, -0.2) is 16.5 Å². The molecule has 0 fully saturated rings. The van der Waals surface area contributed by atoms with Gasteiger partial charge < -0.3 is 10.3 Å². The van der Waals surface area contributed by atoms with Crippen molar-refractivity contribution in [2.75, 3.05) is 5.75 Å². The average molecular weight is 227 g/mol. The molecule has 0 radical (unpaired) electrons. The van der Waals surface area contributed by atoms with Crippen molar-refractivity contribution in [2.24, 2.45) is 0 Å². The fourth-order valence-electron chi connectivity index (χ4n) is 1.19. The van der Waals surface area contributed by atoms with Gasteiger partial charge in [0.05, 0.1) is 5.60 Å². The standard InChI is InChI=1S/C11H17NO2S/c1-3-11(13,4-2)9-15-10-7-5-6-8-12(10)14/h5-8,13H,3-4,9H2,1-2H3. The fourth-order valence-corrected chi connectivity index (χ4v) is 2.37. The second kappa shape index (κ2) is 5.37. The smallest absolute Gasteiger partial charge is 0.251 e. The molecule has 0 aliphatic carbocycles. The van der Waals surface area contributed by atoms with Crippen LogP contribution >= 0.6 is 11.8 Å². The molecule has 0 amide bonds. The van der Waals surface area contributed by atoms with E-state index >= 15 is 0 Å². The summed E-state index contributed by atoms with van der Waals surface area (Å²) in [6.07, 6.45) is 2.89. The maximum Gasteiger partial charge on any atom is 0.251 e. The molecule has 1 N–H and O–H groups in total. The summed E-state index contributed by atoms with van der Waals surface area (Å²) in [6.45, 7) is 3.92. The third kappa shape index (κ3) is 3.39. The highest BCUT2D eigenvalue weighted by Crippen LogP contribution is 2.24. The Hall–Kier alpha value is -0.740. The predicted octanol–water partition coefficient (Wildman–Crippen LogP) is 1.96. The van der Waals surface area contributed by atoms with Crippen LogP contribution in [0.3, 0.4) is 0 Å². The summed E-state index contributed by atoms with van der Waals surface area (Å²) in [6, 6.07) is 5.29. The van der Waals surface area contributed by atoms with E-state index in [1.807, 2.05) is 19.9 Å². The van der Waals surface area contributed by atoms with Crippen LogP contribution in [0.1, 0.15) is 26.7 Å². The van der Waals surface area contributed by atoms with Crippen molar-refractivity contribution in [1.82, 2.24) is 0 Å². The molecule has 1 aromatic heterocycles. The van der Waals surface area contributed by atoms with Crippen LogP contribution in [0.15, 0.2) is 29.4 Å². The van der Waals surface area contributed by atoms with E-state index in [2.05, 4.69) is 0 Å². The molecule has 0 aromatic carbocycles. The summed E-state index contributed by atoms with van der Waals surface area (Å²) in [5.74, 6) is 0.562. The number of pyridine rings is 1. The molecule has 0 bridgehead atoms. The second-order valence-electron chi connectivity index (χ2n) is 3.58. The summed E-state index contributed by atoms with van der Waals surface area (Å²) in [4.78, 5) is 0. The average Bonchev–Trinajstić information content (AvgIpc) is 2.28. The minimum absolute atomic E-state index is 0.562. The third-order valence-corrected chi connectivity index (χ3v) is 3.89. The van der Waals surface area contributed by atoms with Gasteiger partial charge in [-0.25, -0.2) is 0 Å². The fraction of sp³-hybridized carbons (Fsp3) is 0.545. The molecular formula is C11H17NO2S. The normalized spacial score (nSPS) is 11.7. The molecule has 84 valence electrons. The molecule has 0 unspecified atom stereocenters. The molecule has 1 rings (SSSR count). The maximum absolute atomic E-state index is 11.3. The molecule has 3 nitrogen and oxygen atoms in total. The molecule has 0 spiro atoms. The van der Waals surface area contributed by atoms with Crippen molar-refractivity contribution in [1.29, 1.82) is 0 Å². The minimum atomic E-state index is -0.659. The molecule has 0 aliphatic rings. The molecule has 0 atom stereocenters. The van der Waals surface area contributed by atoms with E-state index < -0.39 is 5.60 Å². The number of hydrogen-bond donors (Lipinski definition) is 1. The zero-order valence-electron chi connectivity index (χ0n) is 9.14. The summed E-state index contributed by atoms with van der Waals surface area (Å²) in [7, 11) is 0. The molecule has 15 heavy (non-hydrogen) atoms. The summed E-state index contributed by atoms with van der Waals surface area (Å²) in [5, 5.41) is 22.0. The van der Waals surface area contributed by atoms with Gasteiger partial charge in [-0.2, -0.15) is 4.73 Å². The van der Waals surface area contributed by atoms with Crippen molar-refractivity contribution in [3.8, 4) is 0 Å². The Morgan fingerprint density at radius 1 is 1.40 bits per heavy atom. The van der Waals surface area contributed by atoms with E-state index in [9.17, 15) is 10.3 Å². The van der Waals surface area contributed by atoms with Crippen molar-refractivity contribution >= 4 is 11.8 Å². The van der Waals surface area contributed by atoms with Crippen LogP contribution in [0.4, 0.5) is 0 Å². The minimum Gasteiger partial charge on any atom is -0.618 e. The van der Waals surface area contributed by atoms with Crippen molar-refractivity contribution in [2.45, 2.75) is 37.3 Å². The first-order valence-corrected chi connectivity index (χ1v) is 6.13. The number of thioether (sulfide) groups is 1. The first-order valence-electron chi connectivity index (χ1n) is 5.14. The zero-order chi connectivity index (χ0) is 11.3. The van der Waals surface area contributed by atoms with Gasteiger partial charge in [-0.15, -0.1) is 0 Å². The van der Waals surface area contributed by atoms with Gasteiger partial charge in [0.1, 0.15) is 0 Å². The van der Waals surface area contributed by atoms with E-state index in [1.165, 1.54) is 18.0 Å². The molecule has 1 aromatic rings. The van der Waals surface area contributed by atoms with Crippen LogP contribution in [0.5, 0.6) is 0 Å². The lowest BCUT2D eigenvalue weighted by Crippen LogP contribution is -2.32. The van der Waals surface area contributed by atoms with Gasteiger partial charge >= 0.3 is 0 Å². The Labute approximate surface area is 94.7 Å². The highest BCUT2D eigenvalue weighted by molar-refractivity contribution is 7.99. The largest absolute Gasteiger partial charge is 0.618 e. The van der Waals surface area contributed by atoms with Crippen LogP contribution in [-0.2, 0) is 0 Å². The molecule has 1 heterocycles. The van der Waals surface area contributed by atoms with Gasteiger partial charge in [-0.3, -0.25) is 0 Å². The lowest BCUT2D eigenvalue weighted by molar-refractivity contribution is -0.645. The third-order valence-electron chi connectivity index (χ3n) is 2.59. The summed E-state index contributed by atoms with van der Waals surface area (Å²) >= 11 is 1.40. The molecule has 0 saturated heterocycles. The number of aromatic nitrogens is 1. The first-order chi connectivity index (χ1) is 7.11. The molecule has 0 saturated carbocycles. The highest BCUT2D eigenvalue weighted by Gasteiger charge is 2.23. The Kier molecular flexibility index (Phi) is 4.42. The number of rotatable bonds is 5. The van der Waals surface area contributed by atoms with Gasteiger partial charge in [0.2, 0.25) is 0 Å². The SMILES string of the molecule is CCC(O)(CC)CSc1cccc[n+]1[O-]. The van der Waals surface area contributed by atoms with Crippen molar-refractivity contribution < 1.29 is 9.84 Å². The lowest BCUT2D eigenvalue weighted by Gasteiger charge is -2.23. The summed E-state index contributed by atoms with van der Waals surface area (Å²) in [5.41, 5.74) is -0.659. The van der Waals surface area contributed by atoms with Gasteiger partial charge in [-0.05, 0) is 18.9 Å². The van der Waals surface area contributed by atoms with Gasteiger partial charge in [0, 0.05) is 17.9 Å². The predicted molar refractivity (Wildman–Crippen MR) is 61.7 cm³/mol. The number of aliphatic hydroxyl groups is 1. The summed E-state index contributed by atoms with van der Waals surface area (Å²) < 4.78 is 0.830. The molecular weight excluding hydrogens is 210 g/mol. The second-order valence-corrected chi connectivity index (χ2v) is 4.58. The van der Waals surface area contributed by atoms with Crippen molar-refractivity contribution in [3.63, 3.8) is 0 Å². The quantitative estimate of drug-likeness (QED) is 0.475. The topological polar surface area (TPSA) is 47.2 Å². The Bertz CT molecular complexity index is 313. The number of hydrogen-bond acceptors (Lipinski definition) is 3. The van der Waals surface area contributed by atoms with E-state index in [0.717, 1.165) is 4.73 Å². The Morgan fingerprint density at radius 2 is 2.07 bits per heavy atom. The van der Waals surface area contributed by atoms with Gasteiger partial charge in [0.15, 0.2) is 6.20 Å². The monoisotopic (exact) mass is 227 g/mol. The lowest BCUT2D eigenvalue weighted by atomic mass is 10.0. The van der Waals surface area contributed by atoms with Crippen LogP contribution in [0.25, 0.3) is 0 Å².